The van der Waals surface area contributed by atoms with Crippen molar-refractivity contribution in [2.45, 2.75) is 63.8 Å². The first kappa shape index (κ1) is 42.6. The van der Waals surface area contributed by atoms with Crippen LogP contribution in [0.2, 0.25) is 0 Å². The first-order valence-corrected chi connectivity index (χ1v) is 19.0. The summed E-state index contributed by atoms with van der Waals surface area (Å²) in [5, 5.41) is 31.7. The third kappa shape index (κ3) is 15.6. The number of rotatable bonds is 26. The molecule has 1 aliphatic rings. The highest BCUT2D eigenvalue weighted by Crippen LogP contribution is 2.35. The lowest BCUT2D eigenvalue weighted by molar-refractivity contribution is -0.137. The van der Waals surface area contributed by atoms with E-state index >= 15 is 0 Å². The van der Waals surface area contributed by atoms with Gasteiger partial charge in [-0.05, 0) is 74.6 Å². The van der Waals surface area contributed by atoms with Crippen LogP contribution in [-0.2, 0) is 19.0 Å². The first-order chi connectivity index (χ1) is 26.8. The maximum Gasteiger partial charge on any atom is 0.303 e. The number of amidine groups is 2. The van der Waals surface area contributed by atoms with Gasteiger partial charge in [0.15, 0.2) is 5.84 Å². The van der Waals surface area contributed by atoms with Crippen LogP contribution in [0, 0.1) is 10.8 Å². The van der Waals surface area contributed by atoms with Gasteiger partial charge in [0.25, 0.3) is 5.91 Å². The Labute approximate surface area is 323 Å². The largest absolute Gasteiger partial charge is 0.494 e. The number of likely N-dealkylation sites (N-methyl/N-ethyl adjacent to an activating group) is 1. The van der Waals surface area contributed by atoms with Crippen LogP contribution in [0.5, 0.6) is 11.5 Å². The van der Waals surface area contributed by atoms with Gasteiger partial charge >= 0.3 is 5.97 Å². The van der Waals surface area contributed by atoms with Gasteiger partial charge in [0.05, 0.1) is 52.2 Å². The summed E-state index contributed by atoms with van der Waals surface area (Å²) in [6.07, 6.45) is 10.1. The van der Waals surface area contributed by atoms with Crippen molar-refractivity contribution >= 4 is 29.2 Å². The molecule has 15 heteroatoms. The molecule has 0 saturated heterocycles. The lowest BCUT2D eigenvalue weighted by Crippen LogP contribution is -2.37. The van der Waals surface area contributed by atoms with E-state index < -0.39 is 5.97 Å². The fourth-order valence-electron chi connectivity index (χ4n) is 5.71. The Bertz CT molecular complexity index is 1640. The second-order valence-electron chi connectivity index (χ2n) is 13.1. The second kappa shape index (κ2) is 24.3. The van der Waals surface area contributed by atoms with Gasteiger partial charge in [0.2, 0.25) is 0 Å². The Morgan fingerprint density at radius 3 is 2.31 bits per heavy atom. The summed E-state index contributed by atoms with van der Waals surface area (Å²) in [6, 6.07) is 14.2. The van der Waals surface area contributed by atoms with Crippen molar-refractivity contribution in [1.29, 1.82) is 10.8 Å². The van der Waals surface area contributed by atoms with Crippen LogP contribution in [0.15, 0.2) is 61.1 Å². The Morgan fingerprint density at radius 2 is 1.60 bits per heavy atom. The van der Waals surface area contributed by atoms with Crippen molar-refractivity contribution in [3.63, 3.8) is 0 Å². The van der Waals surface area contributed by atoms with Gasteiger partial charge in [-0.2, -0.15) is 0 Å². The fourth-order valence-corrected chi connectivity index (χ4v) is 5.71. The van der Waals surface area contributed by atoms with Crippen LogP contribution < -0.4 is 20.1 Å². The van der Waals surface area contributed by atoms with E-state index in [1.54, 1.807) is 37.5 Å². The molecule has 298 valence electrons. The molecule has 0 bridgehead atoms. The van der Waals surface area contributed by atoms with E-state index in [-0.39, 0.29) is 36.6 Å². The second-order valence-corrected chi connectivity index (χ2v) is 13.1. The molecular formula is C40H55N7O8. The number of carboxylic acids is 1. The normalized spacial score (nSPS) is 13.3. The topological polar surface area (TPSA) is 201 Å². The zero-order valence-corrected chi connectivity index (χ0v) is 31.7. The van der Waals surface area contributed by atoms with Crippen molar-refractivity contribution < 1.29 is 38.4 Å². The molecule has 1 aromatic heterocycles. The number of fused-ring (bicyclic) bond motifs is 1. The van der Waals surface area contributed by atoms with Crippen molar-refractivity contribution in [1.82, 2.24) is 20.2 Å². The summed E-state index contributed by atoms with van der Waals surface area (Å²) >= 11 is 0. The first-order valence-electron chi connectivity index (χ1n) is 19.0. The summed E-state index contributed by atoms with van der Waals surface area (Å²) in [5.74, 6) is 0.751. The molecule has 1 aliphatic heterocycles. The molecule has 2 aromatic carbocycles. The van der Waals surface area contributed by atoms with E-state index in [1.165, 1.54) is 11.2 Å². The predicted molar refractivity (Wildman–Crippen MR) is 209 cm³/mol. The van der Waals surface area contributed by atoms with Crippen LogP contribution in [0.3, 0.4) is 0 Å². The molecule has 15 nitrogen and oxygen atoms in total. The highest BCUT2D eigenvalue weighted by Gasteiger charge is 2.24. The van der Waals surface area contributed by atoms with Crippen molar-refractivity contribution in [3.05, 3.63) is 77.9 Å². The zero-order chi connectivity index (χ0) is 39.1. The van der Waals surface area contributed by atoms with Gasteiger partial charge in [-0.3, -0.25) is 20.4 Å². The Balaban J connectivity index is 1.08. The smallest absolute Gasteiger partial charge is 0.303 e. The Kier molecular flexibility index (Phi) is 18.8. The number of anilines is 1. The third-order valence-corrected chi connectivity index (χ3v) is 8.85. The van der Waals surface area contributed by atoms with E-state index in [9.17, 15) is 9.59 Å². The molecule has 5 N–H and O–H groups in total. The summed E-state index contributed by atoms with van der Waals surface area (Å²) in [4.78, 5) is 33.3. The average molecular weight is 762 g/mol. The van der Waals surface area contributed by atoms with E-state index in [0.717, 1.165) is 55.6 Å². The number of nitrogens with zero attached hydrogens (tertiary/aromatic N) is 3. The molecule has 0 aliphatic carbocycles. The van der Waals surface area contributed by atoms with E-state index in [0.29, 0.717) is 82.6 Å². The third-order valence-electron chi connectivity index (χ3n) is 8.85. The number of unbranched alkanes of at least 4 members (excludes halogenated alkanes) is 5. The van der Waals surface area contributed by atoms with Crippen molar-refractivity contribution in [2.75, 3.05) is 71.8 Å². The quantitative estimate of drug-likeness (QED) is 0.0380. The highest BCUT2D eigenvalue weighted by atomic mass is 16.5. The average Bonchev–Trinajstić information content (AvgIpc) is 3.20. The molecule has 2 heterocycles. The minimum atomic E-state index is -0.752. The number of ether oxygens (including phenoxy) is 5. The molecular weight excluding hydrogens is 706 g/mol. The fraction of sp³-hybridized carbons (Fsp3) is 0.500. The molecule has 0 saturated carbocycles. The monoisotopic (exact) mass is 761 g/mol. The van der Waals surface area contributed by atoms with E-state index in [1.807, 2.05) is 24.3 Å². The molecule has 0 radical (unpaired) electrons. The number of aliphatic carboxylic acids is 1. The maximum atomic E-state index is 13.4. The molecule has 0 unspecified atom stereocenters. The highest BCUT2D eigenvalue weighted by molar-refractivity contribution is 6.06. The lowest BCUT2D eigenvalue weighted by Gasteiger charge is -2.27. The summed E-state index contributed by atoms with van der Waals surface area (Å²) in [6.45, 7) is 4.68. The van der Waals surface area contributed by atoms with Crippen LogP contribution in [0.4, 0.5) is 5.69 Å². The molecule has 55 heavy (non-hydrogen) atoms. The number of aromatic nitrogens is 2. The van der Waals surface area contributed by atoms with Crippen LogP contribution in [-0.4, -0.2) is 110 Å². The van der Waals surface area contributed by atoms with Crippen molar-refractivity contribution in [3.8, 4) is 11.5 Å². The molecule has 1 amide bonds. The van der Waals surface area contributed by atoms with Gasteiger partial charge in [-0.25, -0.2) is 9.97 Å². The minimum Gasteiger partial charge on any atom is -0.494 e. The van der Waals surface area contributed by atoms with Crippen molar-refractivity contribution in [2.24, 2.45) is 0 Å². The number of amides is 1. The van der Waals surface area contributed by atoms with Crippen LogP contribution in [0.1, 0.15) is 85.4 Å². The molecule has 1 atom stereocenters. The van der Waals surface area contributed by atoms with E-state index in [2.05, 4.69) is 20.6 Å². The van der Waals surface area contributed by atoms with Gasteiger partial charge in [0.1, 0.15) is 29.4 Å². The van der Waals surface area contributed by atoms with Crippen LogP contribution in [0.25, 0.3) is 0 Å². The SMILES string of the molecule is CN(C(=N)CNc1cccc(C(=O)N[C@@H]2CCOc3ccc(OCCCCCCOCCOCCOCCCCCC(=O)O)cc32)c1)C(=N)c1ccncn1. The van der Waals surface area contributed by atoms with Gasteiger partial charge in [0, 0.05) is 56.1 Å². The molecule has 3 aromatic rings. The number of benzene rings is 2. The maximum absolute atomic E-state index is 13.4. The predicted octanol–water partition coefficient (Wildman–Crippen LogP) is 5.71. The molecule has 4 rings (SSSR count). The standard InChI is InChI=1S/C40H55N7O8/c1-47(39(42)35-15-17-43-29-45-35)37(41)28-44-31-11-9-10-30(26-31)40(50)46-34-16-21-55-36-14-13-32(27-33(34)36)54-20-8-3-2-6-18-51-22-24-53-25-23-52-19-7-4-5-12-38(48)49/h9-11,13-15,17,26-27,29,34,41-42,44H,2-8,12,16,18-25,28H2,1H3,(H,46,50)(H,48,49)/t34-/m1/s1. The Hall–Kier alpha value is -5.12. The van der Waals surface area contributed by atoms with Gasteiger partial charge in [-0.1, -0.05) is 18.9 Å². The van der Waals surface area contributed by atoms with Gasteiger partial charge in [-0.15, -0.1) is 0 Å². The summed E-state index contributed by atoms with van der Waals surface area (Å²) in [5.41, 5.74) is 2.47. The minimum absolute atomic E-state index is 0.0872. The number of nitrogens with one attached hydrogen (secondary N) is 4. The Morgan fingerprint density at radius 1 is 0.891 bits per heavy atom. The number of hydrogen-bond acceptors (Lipinski definition) is 12. The summed E-state index contributed by atoms with van der Waals surface area (Å²) < 4.78 is 28.6. The molecule has 0 spiro atoms. The van der Waals surface area contributed by atoms with Crippen LogP contribution >= 0.6 is 0 Å². The van der Waals surface area contributed by atoms with E-state index in [4.69, 9.17) is 39.6 Å². The van der Waals surface area contributed by atoms with Gasteiger partial charge < -0.3 is 44.3 Å². The zero-order valence-electron chi connectivity index (χ0n) is 31.7. The number of carbonyl (C=O) groups excluding carboxylic acids is 1. The number of carboxylic acid groups (broad SMARTS) is 1. The summed E-state index contributed by atoms with van der Waals surface area (Å²) in [7, 11) is 1.64. The number of hydrogen-bond donors (Lipinski definition) is 5. The lowest BCUT2D eigenvalue weighted by atomic mass is 9.99. The number of carbonyl (C=O) groups is 2. The molecule has 0 fully saturated rings.